The molecule has 0 atom stereocenters. The van der Waals surface area contributed by atoms with Crippen molar-refractivity contribution in [1.29, 1.82) is 0 Å². The molecule has 3 aromatic rings. The highest BCUT2D eigenvalue weighted by Crippen LogP contribution is 2.36. The maximum atomic E-state index is 13.2. The van der Waals surface area contributed by atoms with Crippen LogP contribution in [0.2, 0.25) is 0 Å². The van der Waals surface area contributed by atoms with Crippen molar-refractivity contribution in [2.24, 2.45) is 0 Å². The van der Waals surface area contributed by atoms with Gasteiger partial charge >= 0.3 is 6.03 Å². The second kappa shape index (κ2) is 8.06. The lowest BCUT2D eigenvalue weighted by atomic mass is 10.2. The Bertz CT molecular complexity index is 1030. The number of fused-ring (bicyclic) bond motifs is 2. The standard InChI is InChI=1S/C22H23N5O3/c28-22(23-16-7-3-1-4-8-16)26(17-10-11-18-19(13-17)30-15-29-18)14-20-24-21-9-5-2-6-12-27(21)25-20/h1,3-4,7-8,10-11,13H,2,5-6,9,12,14-15H2,(H,23,28). The maximum Gasteiger partial charge on any atom is 0.326 e. The lowest BCUT2D eigenvalue weighted by Crippen LogP contribution is -2.35. The van der Waals surface area contributed by atoms with Crippen molar-refractivity contribution in [2.75, 3.05) is 17.0 Å². The minimum Gasteiger partial charge on any atom is -0.454 e. The lowest BCUT2D eigenvalue weighted by Gasteiger charge is -2.22. The van der Waals surface area contributed by atoms with E-state index in [2.05, 4.69) is 10.4 Å². The van der Waals surface area contributed by atoms with Gasteiger partial charge in [-0.15, -0.1) is 0 Å². The van der Waals surface area contributed by atoms with E-state index in [0.717, 1.165) is 37.3 Å². The highest BCUT2D eigenvalue weighted by molar-refractivity contribution is 6.01. The molecule has 0 saturated heterocycles. The average molecular weight is 405 g/mol. The van der Waals surface area contributed by atoms with E-state index in [-0.39, 0.29) is 19.4 Å². The highest BCUT2D eigenvalue weighted by Gasteiger charge is 2.23. The largest absolute Gasteiger partial charge is 0.454 e. The SMILES string of the molecule is O=C(Nc1ccccc1)N(Cc1nc2n(n1)CCCCC2)c1ccc2c(c1)OCO2. The highest BCUT2D eigenvalue weighted by atomic mass is 16.7. The fourth-order valence-electron chi connectivity index (χ4n) is 3.77. The van der Waals surface area contributed by atoms with Crippen LogP contribution >= 0.6 is 0 Å². The van der Waals surface area contributed by atoms with Gasteiger partial charge < -0.3 is 14.8 Å². The topological polar surface area (TPSA) is 81.5 Å². The molecule has 0 spiro atoms. The van der Waals surface area contributed by atoms with Gasteiger partial charge in [0.05, 0.1) is 6.54 Å². The van der Waals surface area contributed by atoms with Crippen LogP contribution in [0.5, 0.6) is 11.5 Å². The Labute approximate surface area is 174 Å². The van der Waals surface area contributed by atoms with Gasteiger partial charge in [-0.2, -0.15) is 5.10 Å². The summed E-state index contributed by atoms with van der Waals surface area (Å²) in [7, 11) is 0. The van der Waals surface area contributed by atoms with Gasteiger partial charge in [0.15, 0.2) is 17.3 Å². The summed E-state index contributed by atoms with van der Waals surface area (Å²) < 4.78 is 12.9. The molecule has 0 saturated carbocycles. The van der Waals surface area contributed by atoms with Crippen LogP contribution in [0, 0.1) is 0 Å². The number of anilines is 2. The summed E-state index contributed by atoms with van der Waals surface area (Å²) in [6, 6.07) is 14.6. The first-order valence-corrected chi connectivity index (χ1v) is 10.2. The number of nitrogens with one attached hydrogen (secondary N) is 1. The zero-order valence-corrected chi connectivity index (χ0v) is 16.6. The van der Waals surface area contributed by atoms with Gasteiger partial charge in [-0.3, -0.25) is 4.90 Å². The summed E-state index contributed by atoms with van der Waals surface area (Å²) in [6.07, 6.45) is 4.35. The van der Waals surface area contributed by atoms with Crippen molar-refractivity contribution in [3.63, 3.8) is 0 Å². The monoisotopic (exact) mass is 405 g/mol. The van der Waals surface area contributed by atoms with E-state index in [0.29, 0.717) is 23.0 Å². The minimum absolute atomic E-state index is 0.185. The Morgan fingerprint density at radius 2 is 1.93 bits per heavy atom. The minimum atomic E-state index is -0.259. The molecule has 0 aliphatic carbocycles. The number of hydrogen-bond donors (Lipinski definition) is 1. The quantitative estimate of drug-likeness (QED) is 0.710. The van der Waals surface area contributed by atoms with E-state index in [4.69, 9.17) is 14.5 Å². The van der Waals surface area contributed by atoms with Crippen molar-refractivity contribution in [1.82, 2.24) is 14.8 Å². The van der Waals surface area contributed by atoms with Crippen LogP contribution in [0.25, 0.3) is 0 Å². The summed E-state index contributed by atoms with van der Waals surface area (Å²) in [5, 5.41) is 7.62. The molecule has 0 fully saturated rings. The van der Waals surface area contributed by atoms with Gasteiger partial charge in [-0.05, 0) is 37.1 Å². The number of benzene rings is 2. The summed E-state index contributed by atoms with van der Waals surface area (Å²) in [6.45, 7) is 1.32. The Morgan fingerprint density at radius 3 is 2.83 bits per heavy atom. The third-order valence-electron chi connectivity index (χ3n) is 5.30. The number of aromatic nitrogens is 3. The Hall–Kier alpha value is -3.55. The van der Waals surface area contributed by atoms with Crippen LogP contribution in [0.15, 0.2) is 48.5 Å². The van der Waals surface area contributed by atoms with Crippen molar-refractivity contribution < 1.29 is 14.3 Å². The molecule has 30 heavy (non-hydrogen) atoms. The van der Waals surface area contributed by atoms with Gasteiger partial charge in [-0.25, -0.2) is 14.5 Å². The van der Waals surface area contributed by atoms with E-state index in [1.54, 1.807) is 4.90 Å². The van der Waals surface area contributed by atoms with Gasteiger partial charge in [0.2, 0.25) is 6.79 Å². The number of urea groups is 1. The number of rotatable bonds is 4. The Morgan fingerprint density at radius 1 is 1.07 bits per heavy atom. The molecular weight excluding hydrogens is 382 g/mol. The van der Waals surface area contributed by atoms with Crippen molar-refractivity contribution >= 4 is 17.4 Å². The van der Waals surface area contributed by atoms with E-state index in [1.165, 1.54) is 6.42 Å². The predicted octanol–water partition coefficient (Wildman–Crippen LogP) is 3.97. The molecule has 0 bridgehead atoms. The molecule has 1 aromatic heterocycles. The first kappa shape index (κ1) is 18.5. The summed E-state index contributed by atoms with van der Waals surface area (Å²) in [4.78, 5) is 19.5. The molecule has 8 heteroatoms. The number of hydrogen-bond acceptors (Lipinski definition) is 5. The average Bonchev–Trinajstić information content (AvgIpc) is 3.33. The number of carbonyl (C=O) groups excluding carboxylic acids is 1. The van der Waals surface area contributed by atoms with Crippen molar-refractivity contribution in [3.05, 3.63) is 60.2 Å². The zero-order chi connectivity index (χ0) is 20.3. The van der Waals surface area contributed by atoms with Gasteiger partial charge in [-0.1, -0.05) is 24.6 Å². The van der Waals surface area contributed by atoms with Crippen LogP contribution in [0.3, 0.4) is 0 Å². The molecule has 2 amide bonds. The molecular formula is C22H23N5O3. The third-order valence-corrected chi connectivity index (χ3v) is 5.30. The molecule has 2 aliphatic heterocycles. The van der Waals surface area contributed by atoms with Gasteiger partial charge in [0.25, 0.3) is 0 Å². The molecule has 154 valence electrons. The lowest BCUT2D eigenvalue weighted by molar-refractivity contribution is 0.174. The smallest absolute Gasteiger partial charge is 0.326 e. The van der Waals surface area contributed by atoms with E-state index >= 15 is 0 Å². The molecule has 0 radical (unpaired) electrons. The van der Waals surface area contributed by atoms with Crippen molar-refractivity contribution in [2.45, 2.75) is 38.8 Å². The fourth-order valence-corrected chi connectivity index (χ4v) is 3.77. The number of nitrogens with zero attached hydrogens (tertiary/aromatic N) is 4. The molecule has 2 aliphatic rings. The fraction of sp³-hybridized carbons (Fsp3) is 0.318. The van der Waals surface area contributed by atoms with Crippen LogP contribution in [-0.4, -0.2) is 27.6 Å². The molecule has 8 nitrogen and oxygen atoms in total. The number of carbonyl (C=O) groups is 1. The summed E-state index contributed by atoms with van der Waals surface area (Å²) >= 11 is 0. The van der Waals surface area contributed by atoms with Gasteiger partial charge in [0, 0.05) is 30.4 Å². The van der Waals surface area contributed by atoms with Gasteiger partial charge in [0.1, 0.15) is 5.82 Å². The first-order valence-electron chi connectivity index (χ1n) is 10.2. The molecule has 1 N–H and O–H groups in total. The number of aryl methyl sites for hydroxylation is 2. The number of ether oxygens (including phenoxy) is 2. The predicted molar refractivity (Wildman–Crippen MR) is 112 cm³/mol. The second-order valence-corrected chi connectivity index (χ2v) is 7.40. The Kier molecular flexibility index (Phi) is 4.96. The van der Waals surface area contributed by atoms with E-state index in [9.17, 15) is 4.79 Å². The normalized spacial score (nSPS) is 14.7. The second-order valence-electron chi connectivity index (χ2n) is 7.40. The number of amides is 2. The van der Waals surface area contributed by atoms with Crippen LogP contribution in [-0.2, 0) is 19.5 Å². The zero-order valence-electron chi connectivity index (χ0n) is 16.6. The summed E-state index contributed by atoms with van der Waals surface area (Å²) in [5.74, 6) is 2.93. The van der Waals surface area contributed by atoms with Crippen molar-refractivity contribution in [3.8, 4) is 11.5 Å². The summed E-state index contributed by atoms with van der Waals surface area (Å²) in [5.41, 5.74) is 1.42. The molecule has 0 unspecified atom stereocenters. The maximum absolute atomic E-state index is 13.2. The van der Waals surface area contributed by atoms with E-state index in [1.807, 2.05) is 53.2 Å². The van der Waals surface area contributed by atoms with Crippen LogP contribution in [0.1, 0.15) is 30.9 Å². The third kappa shape index (κ3) is 3.80. The van der Waals surface area contributed by atoms with Crippen LogP contribution < -0.4 is 19.7 Å². The molecule has 2 aromatic carbocycles. The molecule has 3 heterocycles. The first-order chi connectivity index (χ1) is 14.8. The number of para-hydroxylation sites is 1. The van der Waals surface area contributed by atoms with Crippen LogP contribution in [0.4, 0.5) is 16.2 Å². The molecule has 5 rings (SSSR count). The van der Waals surface area contributed by atoms with E-state index < -0.39 is 0 Å². The Balaban J connectivity index is 1.44.